The molecule has 0 unspecified atom stereocenters. The normalized spacial score (nSPS) is 14.1. The Morgan fingerprint density at radius 3 is 2.17 bits per heavy atom. The van der Waals surface area contributed by atoms with E-state index in [1.165, 1.54) is 18.2 Å². The molecule has 4 nitrogen and oxygen atoms in total. The third kappa shape index (κ3) is 4.04. The van der Waals surface area contributed by atoms with Crippen molar-refractivity contribution in [2.24, 2.45) is 5.41 Å². The summed E-state index contributed by atoms with van der Waals surface area (Å²) in [6, 6.07) is 24.7. The Bertz CT molecular complexity index is 1020. The summed E-state index contributed by atoms with van der Waals surface area (Å²) < 4.78 is 13.5. The number of carbonyl (C=O) groups excluding carboxylic acids is 2. The number of hydrogen-bond acceptors (Lipinski definition) is 2. The van der Waals surface area contributed by atoms with Gasteiger partial charge in [0.2, 0.25) is 11.8 Å². The van der Waals surface area contributed by atoms with Crippen molar-refractivity contribution in [2.45, 2.75) is 19.4 Å². The Balaban J connectivity index is 1.60. The lowest BCUT2D eigenvalue weighted by atomic mass is 10.0. The number of halogens is 1. The fourth-order valence-electron chi connectivity index (χ4n) is 3.39. The third-order valence-electron chi connectivity index (χ3n) is 5.17. The molecule has 0 aliphatic heterocycles. The molecule has 4 rings (SSSR count). The van der Waals surface area contributed by atoms with Gasteiger partial charge in [0.15, 0.2) is 0 Å². The van der Waals surface area contributed by atoms with Crippen LogP contribution in [0.5, 0.6) is 0 Å². The van der Waals surface area contributed by atoms with Crippen LogP contribution < -0.4 is 10.2 Å². The van der Waals surface area contributed by atoms with Crippen molar-refractivity contribution < 1.29 is 14.0 Å². The zero-order valence-corrected chi connectivity index (χ0v) is 15.8. The van der Waals surface area contributed by atoms with E-state index in [4.69, 9.17) is 0 Å². The van der Waals surface area contributed by atoms with Gasteiger partial charge in [-0.25, -0.2) is 4.39 Å². The summed E-state index contributed by atoms with van der Waals surface area (Å²) in [5.74, 6) is -1.06. The number of para-hydroxylation sites is 1. The number of rotatable bonds is 6. The van der Waals surface area contributed by atoms with Crippen molar-refractivity contribution >= 4 is 23.2 Å². The van der Waals surface area contributed by atoms with Crippen LogP contribution in [-0.2, 0) is 16.1 Å². The van der Waals surface area contributed by atoms with Crippen molar-refractivity contribution in [3.8, 4) is 0 Å². The van der Waals surface area contributed by atoms with Crippen LogP contribution in [0.25, 0.3) is 0 Å². The number of nitrogens with one attached hydrogen (secondary N) is 1. The fourth-order valence-corrected chi connectivity index (χ4v) is 3.39. The fraction of sp³-hybridized carbons (Fsp3) is 0.167. The maximum Gasteiger partial charge on any atom is 0.243 e. The third-order valence-corrected chi connectivity index (χ3v) is 5.17. The highest BCUT2D eigenvalue weighted by Gasteiger charge is 2.58. The monoisotopic (exact) mass is 388 g/mol. The highest BCUT2D eigenvalue weighted by atomic mass is 19.1. The SMILES string of the molecule is O=C(Nc1cccc(F)c1)C1(C(=O)N(Cc2ccccc2)c2ccccc2)CC1. The standard InChI is InChI=1S/C24H21FN2O2/c25-19-10-7-11-20(16-19)26-22(28)24(14-15-24)23(29)27(21-12-5-2-6-13-21)17-18-8-3-1-4-9-18/h1-13,16H,14-15,17H2,(H,26,28). The molecule has 0 bridgehead atoms. The topological polar surface area (TPSA) is 49.4 Å². The molecular weight excluding hydrogens is 367 g/mol. The molecule has 2 amide bonds. The Hall–Kier alpha value is -3.47. The van der Waals surface area contributed by atoms with Gasteiger partial charge in [-0.15, -0.1) is 0 Å². The molecule has 3 aromatic rings. The van der Waals surface area contributed by atoms with E-state index in [0.717, 1.165) is 11.3 Å². The van der Waals surface area contributed by atoms with Crippen LogP contribution in [-0.4, -0.2) is 11.8 Å². The second-order valence-electron chi connectivity index (χ2n) is 7.26. The molecule has 146 valence electrons. The summed E-state index contributed by atoms with van der Waals surface area (Å²) in [7, 11) is 0. The quantitative estimate of drug-likeness (QED) is 0.618. The van der Waals surface area contributed by atoms with Crippen LogP contribution in [0.2, 0.25) is 0 Å². The molecule has 0 atom stereocenters. The van der Waals surface area contributed by atoms with Gasteiger partial charge in [0.05, 0.1) is 6.54 Å². The van der Waals surface area contributed by atoms with Crippen LogP contribution in [0.3, 0.4) is 0 Å². The van der Waals surface area contributed by atoms with Crippen LogP contribution in [0.4, 0.5) is 15.8 Å². The van der Waals surface area contributed by atoms with Gasteiger partial charge in [-0.05, 0) is 48.7 Å². The molecule has 1 fully saturated rings. The Labute approximate surface area is 169 Å². The largest absolute Gasteiger partial charge is 0.325 e. The zero-order chi connectivity index (χ0) is 20.3. The lowest BCUT2D eigenvalue weighted by Crippen LogP contribution is -2.43. The average Bonchev–Trinajstić information content (AvgIpc) is 3.55. The van der Waals surface area contributed by atoms with Crippen molar-refractivity contribution in [3.05, 3.63) is 96.3 Å². The van der Waals surface area contributed by atoms with E-state index in [0.29, 0.717) is 25.1 Å². The first-order valence-electron chi connectivity index (χ1n) is 9.56. The van der Waals surface area contributed by atoms with Crippen molar-refractivity contribution in [1.29, 1.82) is 0 Å². The summed E-state index contributed by atoms with van der Waals surface area (Å²) in [6.07, 6.45) is 0.955. The molecule has 0 heterocycles. The number of nitrogens with zero attached hydrogens (tertiary/aromatic N) is 1. The maximum absolute atomic E-state index is 13.5. The summed E-state index contributed by atoms with van der Waals surface area (Å²) in [5.41, 5.74) is 0.956. The molecule has 0 spiro atoms. The van der Waals surface area contributed by atoms with Crippen LogP contribution >= 0.6 is 0 Å². The van der Waals surface area contributed by atoms with Crippen molar-refractivity contribution in [2.75, 3.05) is 10.2 Å². The summed E-state index contributed by atoms with van der Waals surface area (Å²) in [5, 5.41) is 2.71. The van der Waals surface area contributed by atoms with Gasteiger partial charge >= 0.3 is 0 Å². The van der Waals surface area contributed by atoms with Gasteiger partial charge < -0.3 is 10.2 Å². The van der Waals surface area contributed by atoms with Crippen LogP contribution in [0, 0.1) is 11.2 Å². The number of amides is 2. The number of hydrogen-bond donors (Lipinski definition) is 1. The highest BCUT2D eigenvalue weighted by molar-refractivity contribution is 6.17. The number of anilines is 2. The van der Waals surface area contributed by atoms with E-state index in [2.05, 4.69) is 5.32 Å². The maximum atomic E-state index is 13.5. The van der Waals surface area contributed by atoms with E-state index in [-0.39, 0.29) is 11.8 Å². The van der Waals surface area contributed by atoms with Crippen LogP contribution in [0.15, 0.2) is 84.9 Å². The first kappa shape index (κ1) is 18.9. The lowest BCUT2D eigenvalue weighted by molar-refractivity contribution is -0.132. The summed E-state index contributed by atoms with van der Waals surface area (Å²) in [6.45, 7) is 0.374. The van der Waals surface area contributed by atoms with Crippen molar-refractivity contribution in [1.82, 2.24) is 0 Å². The molecule has 0 aromatic heterocycles. The molecule has 1 N–H and O–H groups in total. The molecule has 1 aliphatic rings. The molecule has 5 heteroatoms. The van der Waals surface area contributed by atoms with E-state index < -0.39 is 11.2 Å². The zero-order valence-electron chi connectivity index (χ0n) is 15.8. The second-order valence-corrected chi connectivity index (χ2v) is 7.26. The molecule has 0 saturated heterocycles. The molecule has 3 aromatic carbocycles. The number of benzene rings is 3. The van der Waals surface area contributed by atoms with Gasteiger partial charge in [-0.3, -0.25) is 9.59 Å². The predicted molar refractivity (Wildman–Crippen MR) is 111 cm³/mol. The highest BCUT2D eigenvalue weighted by Crippen LogP contribution is 2.49. The van der Waals surface area contributed by atoms with Gasteiger partial charge in [-0.1, -0.05) is 54.6 Å². The second kappa shape index (κ2) is 7.87. The summed E-state index contributed by atoms with van der Waals surface area (Å²) >= 11 is 0. The van der Waals surface area contributed by atoms with E-state index >= 15 is 0 Å². The first-order chi connectivity index (χ1) is 14.1. The van der Waals surface area contributed by atoms with E-state index in [1.54, 1.807) is 11.0 Å². The van der Waals surface area contributed by atoms with E-state index in [1.807, 2.05) is 60.7 Å². The molecule has 1 saturated carbocycles. The molecular formula is C24H21FN2O2. The molecule has 29 heavy (non-hydrogen) atoms. The number of carbonyl (C=O) groups is 2. The minimum atomic E-state index is -1.11. The smallest absolute Gasteiger partial charge is 0.243 e. The van der Waals surface area contributed by atoms with Gasteiger partial charge in [0, 0.05) is 11.4 Å². The Morgan fingerprint density at radius 1 is 0.897 bits per heavy atom. The lowest BCUT2D eigenvalue weighted by Gasteiger charge is -2.27. The van der Waals surface area contributed by atoms with Gasteiger partial charge in [0.1, 0.15) is 11.2 Å². The average molecular weight is 388 g/mol. The molecule has 1 aliphatic carbocycles. The van der Waals surface area contributed by atoms with Crippen LogP contribution in [0.1, 0.15) is 18.4 Å². The minimum Gasteiger partial charge on any atom is -0.325 e. The predicted octanol–water partition coefficient (Wildman–Crippen LogP) is 4.78. The van der Waals surface area contributed by atoms with E-state index in [9.17, 15) is 14.0 Å². The summed E-state index contributed by atoms with van der Waals surface area (Å²) in [4.78, 5) is 28.1. The minimum absolute atomic E-state index is 0.235. The van der Waals surface area contributed by atoms with Crippen molar-refractivity contribution in [3.63, 3.8) is 0 Å². The Morgan fingerprint density at radius 2 is 1.55 bits per heavy atom. The first-order valence-corrected chi connectivity index (χ1v) is 9.56. The Kier molecular flexibility index (Phi) is 5.12. The molecule has 0 radical (unpaired) electrons. The van der Waals surface area contributed by atoms with Gasteiger partial charge in [0.25, 0.3) is 0 Å². The van der Waals surface area contributed by atoms with Gasteiger partial charge in [-0.2, -0.15) is 0 Å².